The first-order valence-corrected chi connectivity index (χ1v) is 6.88. The summed E-state index contributed by atoms with van der Waals surface area (Å²) in [5.41, 5.74) is 0.648. The van der Waals surface area contributed by atoms with E-state index in [-0.39, 0.29) is 11.5 Å². The Morgan fingerprint density at radius 3 is 2.79 bits per heavy atom. The van der Waals surface area contributed by atoms with Gasteiger partial charge in [0.15, 0.2) is 5.69 Å². The molecule has 2 aromatic rings. The smallest absolute Gasteiger partial charge is 0.355 e. The summed E-state index contributed by atoms with van der Waals surface area (Å²) in [4.78, 5) is 16.0. The summed E-state index contributed by atoms with van der Waals surface area (Å²) in [5, 5.41) is 9.74. The normalized spacial score (nSPS) is 10.6. The first kappa shape index (κ1) is 13.7. The highest BCUT2D eigenvalue weighted by Gasteiger charge is 2.17. The van der Waals surface area contributed by atoms with Crippen LogP contribution in [-0.4, -0.2) is 16.1 Å². The number of rotatable bonds is 5. The van der Waals surface area contributed by atoms with Crippen LogP contribution in [0.5, 0.6) is 0 Å². The first-order valence-electron chi connectivity index (χ1n) is 6.07. The summed E-state index contributed by atoms with van der Waals surface area (Å²) < 4.78 is 13.5. The fourth-order valence-electron chi connectivity index (χ4n) is 1.84. The summed E-state index contributed by atoms with van der Waals surface area (Å²) in [5.74, 6) is -1.30. The lowest BCUT2D eigenvalue weighted by atomic mass is 10.1. The van der Waals surface area contributed by atoms with Gasteiger partial charge in [0.1, 0.15) is 5.82 Å². The Kier molecular flexibility index (Phi) is 4.27. The van der Waals surface area contributed by atoms with Crippen molar-refractivity contribution in [3.8, 4) is 0 Å². The monoisotopic (exact) mass is 279 g/mol. The maximum absolute atomic E-state index is 13.5. The van der Waals surface area contributed by atoms with E-state index in [1.807, 2.05) is 6.92 Å². The van der Waals surface area contributed by atoms with Crippen LogP contribution in [-0.2, 0) is 12.8 Å². The average molecular weight is 279 g/mol. The molecule has 0 unspecified atom stereocenters. The van der Waals surface area contributed by atoms with Gasteiger partial charge in [-0.05, 0) is 18.1 Å². The van der Waals surface area contributed by atoms with Gasteiger partial charge in [-0.3, -0.25) is 0 Å². The molecular weight excluding hydrogens is 265 g/mol. The molecule has 100 valence electrons. The molecule has 0 aliphatic rings. The standard InChI is InChI=1S/C14H14FNO2S/c1-2-5-11-13(14(17)18)16-12(19-11)8-9-6-3-4-7-10(9)15/h3-4,6-7H,2,5,8H2,1H3,(H,17,18). The van der Waals surface area contributed by atoms with Crippen molar-refractivity contribution in [1.82, 2.24) is 4.98 Å². The predicted molar refractivity (Wildman–Crippen MR) is 72.3 cm³/mol. The third-order valence-corrected chi connectivity index (χ3v) is 3.84. The van der Waals surface area contributed by atoms with Crippen LogP contribution in [0.15, 0.2) is 24.3 Å². The lowest BCUT2D eigenvalue weighted by Gasteiger charge is -1.98. The Balaban J connectivity index is 2.29. The topological polar surface area (TPSA) is 50.2 Å². The van der Waals surface area contributed by atoms with Gasteiger partial charge in [0.05, 0.1) is 5.01 Å². The molecule has 0 fully saturated rings. The summed E-state index contributed by atoms with van der Waals surface area (Å²) in [6.07, 6.45) is 1.89. The Morgan fingerprint density at radius 1 is 1.42 bits per heavy atom. The number of halogens is 1. The molecule has 0 radical (unpaired) electrons. The van der Waals surface area contributed by atoms with Crippen molar-refractivity contribution in [2.45, 2.75) is 26.2 Å². The molecule has 5 heteroatoms. The Hall–Kier alpha value is -1.75. The van der Waals surface area contributed by atoms with Crippen LogP contribution in [0.4, 0.5) is 4.39 Å². The van der Waals surface area contributed by atoms with Gasteiger partial charge in [0.25, 0.3) is 0 Å². The van der Waals surface area contributed by atoms with Gasteiger partial charge in [-0.15, -0.1) is 11.3 Å². The number of carbonyl (C=O) groups is 1. The Bertz CT molecular complexity index is 595. The zero-order valence-electron chi connectivity index (χ0n) is 10.5. The van der Waals surface area contributed by atoms with E-state index in [4.69, 9.17) is 5.11 Å². The average Bonchev–Trinajstić information content (AvgIpc) is 2.76. The number of nitrogens with zero attached hydrogens (tertiary/aromatic N) is 1. The molecule has 0 saturated heterocycles. The number of benzene rings is 1. The third-order valence-electron chi connectivity index (χ3n) is 2.72. The highest BCUT2D eigenvalue weighted by Crippen LogP contribution is 2.23. The van der Waals surface area contributed by atoms with E-state index in [0.29, 0.717) is 23.4 Å². The van der Waals surface area contributed by atoms with E-state index in [1.54, 1.807) is 18.2 Å². The van der Waals surface area contributed by atoms with Crippen LogP contribution in [0.25, 0.3) is 0 Å². The summed E-state index contributed by atoms with van der Waals surface area (Å²) in [6, 6.07) is 6.48. The van der Waals surface area contributed by atoms with Crippen molar-refractivity contribution in [1.29, 1.82) is 0 Å². The van der Waals surface area contributed by atoms with Crippen LogP contribution in [0.3, 0.4) is 0 Å². The molecule has 0 saturated carbocycles. The SMILES string of the molecule is CCCc1sc(Cc2ccccc2F)nc1C(=O)O. The second kappa shape index (κ2) is 5.93. The number of carboxylic acids is 1. The third kappa shape index (κ3) is 3.17. The zero-order chi connectivity index (χ0) is 13.8. The van der Waals surface area contributed by atoms with E-state index in [1.165, 1.54) is 17.4 Å². The second-order valence-corrected chi connectivity index (χ2v) is 5.37. The van der Waals surface area contributed by atoms with Gasteiger partial charge in [0.2, 0.25) is 0 Å². The minimum atomic E-state index is -1.01. The number of aromatic carboxylic acids is 1. The second-order valence-electron chi connectivity index (χ2n) is 4.20. The van der Waals surface area contributed by atoms with Crippen LogP contribution in [0, 0.1) is 5.82 Å². The minimum absolute atomic E-state index is 0.109. The minimum Gasteiger partial charge on any atom is -0.476 e. The molecule has 0 bridgehead atoms. The molecule has 0 aliphatic carbocycles. The van der Waals surface area contributed by atoms with Gasteiger partial charge in [0, 0.05) is 11.3 Å². The summed E-state index contributed by atoms with van der Waals surface area (Å²) in [6.45, 7) is 1.99. The van der Waals surface area contributed by atoms with Gasteiger partial charge < -0.3 is 5.11 Å². The number of aryl methyl sites for hydroxylation is 1. The van der Waals surface area contributed by atoms with E-state index in [9.17, 15) is 9.18 Å². The van der Waals surface area contributed by atoms with Crippen molar-refractivity contribution in [3.05, 3.63) is 51.2 Å². The summed E-state index contributed by atoms with van der Waals surface area (Å²) >= 11 is 1.36. The molecule has 0 atom stereocenters. The van der Waals surface area contributed by atoms with Crippen molar-refractivity contribution in [2.24, 2.45) is 0 Å². The van der Waals surface area contributed by atoms with Crippen LogP contribution >= 0.6 is 11.3 Å². The van der Waals surface area contributed by atoms with Gasteiger partial charge in [-0.1, -0.05) is 31.5 Å². The van der Waals surface area contributed by atoms with Crippen molar-refractivity contribution in [3.63, 3.8) is 0 Å². The maximum atomic E-state index is 13.5. The molecule has 1 aromatic carbocycles. The number of thiazole rings is 1. The largest absolute Gasteiger partial charge is 0.476 e. The quantitative estimate of drug-likeness (QED) is 0.911. The van der Waals surface area contributed by atoms with Crippen LogP contribution in [0.2, 0.25) is 0 Å². The molecule has 3 nitrogen and oxygen atoms in total. The molecule has 1 aromatic heterocycles. The summed E-state index contributed by atoms with van der Waals surface area (Å²) in [7, 11) is 0. The fraction of sp³-hybridized carbons (Fsp3) is 0.286. The number of aromatic nitrogens is 1. The van der Waals surface area contributed by atoms with Crippen LogP contribution < -0.4 is 0 Å². The van der Waals surface area contributed by atoms with Crippen molar-refractivity contribution < 1.29 is 14.3 Å². The van der Waals surface area contributed by atoms with E-state index in [2.05, 4.69) is 4.98 Å². The fourth-order valence-corrected chi connectivity index (χ4v) is 3.03. The molecular formula is C14H14FNO2S. The van der Waals surface area contributed by atoms with Gasteiger partial charge in [-0.2, -0.15) is 0 Å². The first-order chi connectivity index (χ1) is 9.11. The molecule has 0 amide bonds. The maximum Gasteiger partial charge on any atom is 0.355 e. The van der Waals surface area contributed by atoms with Crippen LogP contribution in [0.1, 0.15) is 39.3 Å². The van der Waals surface area contributed by atoms with E-state index >= 15 is 0 Å². The highest BCUT2D eigenvalue weighted by atomic mass is 32.1. The van der Waals surface area contributed by atoms with E-state index < -0.39 is 5.97 Å². The Labute approximate surface area is 114 Å². The van der Waals surface area contributed by atoms with Gasteiger partial charge >= 0.3 is 5.97 Å². The lowest BCUT2D eigenvalue weighted by molar-refractivity contribution is 0.0690. The molecule has 1 heterocycles. The highest BCUT2D eigenvalue weighted by molar-refractivity contribution is 7.11. The number of hydrogen-bond donors (Lipinski definition) is 1. The number of hydrogen-bond acceptors (Lipinski definition) is 3. The molecule has 0 aliphatic heterocycles. The molecule has 19 heavy (non-hydrogen) atoms. The number of carboxylic acid groups (broad SMARTS) is 1. The lowest BCUT2D eigenvalue weighted by Crippen LogP contribution is -2.01. The molecule has 0 spiro atoms. The van der Waals surface area contributed by atoms with E-state index in [0.717, 1.165) is 11.3 Å². The molecule has 1 N–H and O–H groups in total. The zero-order valence-corrected chi connectivity index (χ0v) is 11.3. The molecule has 2 rings (SSSR count). The predicted octanol–water partition coefficient (Wildman–Crippen LogP) is 3.52. The van der Waals surface area contributed by atoms with Gasteiger partial charge in [-0.25, -0.2) is 14.2 Å². The van der Waals surface area contributed by atoms with Crippen molar-refractivity contribution in [2.75, 3.05) is 0 Å². The van der Waals surface area contributed by atoms with Crippen molar-refractivity contribution >= 4 is 17.3 Å². The Morgan fingerprint density at radius 2 is 2.16 bits per heavy atom.